The average molecular weight is 352 g/mol. The van der Waals surface area contributed by atoms with Crippen LogP contribution in [0.1, 0.15) is 17.7 Å². The van der Waals surface area contributed by atoms with E-state index >= 15 is 0 Å². The second-order valence-electron chi connectivity index (χ2n) is 6.70. The fraction of sp³-hybridized carbons (Fsp3) is 0.286. The quantitative estimate of drug-likeness (QED) is 0.697. The van der Waals surface area contributed by atoms with Gasteiger partial charge in [-0.05, 0) is 36.6 Å². The second kappa shape index (κ2) is 6.57. The summed E-state index contributed by atoms with van der Waals surface area (Å²) in [5.41, 5.74) is 3.45. The minimum atomic E-state index is 0.149. The highest BCUT2D eigenvalue weighted by Gasteiger charge is 2.26. The molecule has 0 unspecified atom stereocenters. The predicted molar refractivity (Wildman–Crippen MR) is 101 cm³/mol. The van der Waals surface area contributed by atoms with Crippen molar-refractivity contribution in [2.75, 3.05) is 7.05 Å². The smallest absolute Gasteiger partial charge is 0.227 e. The average Bonchev–Trinajstić information content (AvgIpc) is 3.01. The molecule has 2 aromatic carbocycles. The summed E-state index contributed by atoms with van der Waals surface area (Å²) in [6, 6.07) is 19.6. The first-order chi connectivity index (χ1) is 12.1. The van der Waals surface area contributed by atoms with Crippen LogP contribution >= 0.6 is 11.6 Å². The zero-order valence-corrected chi connectivity index (χ0v) is 15.0. The van der Waals surface area contributed by atoms with E-state index in [4.69, 9.17) is 11.6 Å². The van der Waals surface area contributed by atoms with Gasteiger partial charge in [-0.3, -0.25) is 4.79 Å². The van der Waals surface area contributed by atoms with E-state index in [-0.39, 0.29) is 11.9 Å². The lowest BCUT2D eigenvalue weighted by atomic mass is 10.0. The molecule has 0 saturated carbocycles. The van der Waals surface area contributed by atoms with E-state index in [1.54, 1.807) is 0 Å². The van der Waals surface area contributed by atoms with Crippen molar-refractivity contribution in [3.63, 3.8) is 0 Å². The monoisotopic (exact) mass is 351 g/mol. The van der Waals surface area contributed by atoms with Crippen LogP contribution in [0.3, 0.4) is 0 Å². The maximum atomic E-state index is 12.7. The van der Waals surface area contributed by atoms with Crippen LogP contribution in [0, 0.1) is 6.07 Å². The van der Waals surface area contributed by atoms with Crippen molar-refractivity contribution in [2.24, 2.45) is 0 Å². The van der Waals surface area contributed by atoms with E-state index in [1.807, 2.05) is 42.3 Å². The summed E-state index contributed by atoms with van der Waals surface area (Å²) in [5.74, 6) is 0.149. The number of hydrogen-bond donors (Lipinski definition) is 0. The molecule has 0 aliphatic carbocycles. The molecular formula is C21H20ClN2O. The zero-order valence-electron chi connectivity index (χ0n) is 14.2. The van der Waals surface area contributed by atoms with Gasteiger partial charge in [0.25, 0.3) is 0 Å². The Kier molecular flexibility index (Phi) is 4.26. The van der Waals surface area contributed by atoms with E-state index in [2.05, 4.69) is 28.8 Å². The van der Waals surface area contributed by atoms with Gasteiger partial charge in [0.15, 0.2) is 0 Å². The molecule has 1 aliphatic heterocycles. The van der Waals surface area contributed by atoms with E-state index < -0.39 is 0 Å². The van der Waals surface area contributed by atoms with Gasteiger partial charge in [-0.25, -0.2) is 0 Å². The molecule has 25 heavy (non-hydrogen) atoms. The van der Waals surface area contributed by atoms with Gasteiger partial charge in [-0.1, -0.05) is 41.9 Å². The van der Waals surface area contributed by atoms with E-state index in [0.717, 1.165) is 30.3 Å². The summed E-state index contributed by atoms with van der Waals surface area (Å²) in [7, 11) is 1.92. The Labute approximate surface area is 152 Å². The number of fused-ring (bicyclic) bond motifs is 3. The lowest BCUT2D eigenvalue weighted by Crippen LogP contribution is -2.43. The minimum absolute atomic E-state index is 0.149. The van der Waals surface area contributed by atoms with Gasteiger partial charge in [0, 0.05) is 47.3 Å². The first-order valence-corrected chi connectivity index (χ1v) is 8.99. The van der Waals surface area contributed by atoms with Crippen molar-refractivity contribution in [3.8, 4) is 0 Å². The van der Waals surface area contributed by atoms with Crippen LogP contribution in [0.25, 0.3) is 10.9 Å². The maximum absolute atomic E-state index is 12.7. The Bertz CT molecular complexity index is 913. The fourth-order valence-corrected chi connectivity index (χ4v) is 3.74. The summed E-state index contributed by atoms with van der Waals surface area (Å²) < 4.78 is 2.32. The molecule has 0 fully saturated rings. The van der Waals surface area contributed by atoms with Crippen LogP contribution in [-0.2, 0) is 24.2 Å². The summed E-state index contributed by atoms with van der Waals surface area (Å²) in [4.78, 5) is 14.6. The normalized spacial score (nSPS) is 16.6. The van der Waals surface area contributed by atoms with Crippen LogP contribution in [0.5, 0.6) is 0 Å². The van der Waals surface area contributed by atoms with Gasteiger partial charge in [0.2, 0.25) is 5.91 Å². The Balaban J connectivity index is 1.50. The standard InChI is InChI=1S/C21H20ClN2O/c1-23(21(25)12-15-6-8-17(22)9-7-15)19-11-10-18-13-16-4-2-3-5-20(16)24(18)14-19/h2-9,19H,10-12,14H2,1H3/t19-/m1/s1. The number of carbonyl (C=O) groups is 1. The largest absolute Gasteiger partial charge is 0.342 e. The van der Waals surface area contributed by atoms with Gasteiger partial charge >= 0.3 is 0 Å². The molecule has 127 valence electrons. The number of para-hydroxylation sites is 1. The molecule has 1 atom stereocenters. The van der Waals surface area contributed by atoms with Crippen molar-refractivity contribution in [1.29, 1.82) is 0 Å². The molecule has 0 spiro atoms. The first kappa shape index (κ1) is 16.2. The van der Waals surface area contributed by atoms with Gasteiger partial charge in [0.05, 0.1) is 6.42 Å². The van der Waals surface area contributed by atoms with E-state index in [9.17, 15) is 4.79 Å². The fourth-order valence-electron chi connectivity index (χ4n) is 3.62. The van der Waals surface area contributed by atoms with Crippen LogP contribution in [0.4, 0.5) is 0 Å². The molecule has 3 nitrogen and oxygen atoms in total. The molecule has 0 saturated heterocycles. The topological polar surface area (TPSA) is 25.2 Å². The number of halogens is 1. The molecular weight excluding hydrogens is 332 g/mol. The minimum Gasteiger partial charge on any atom is -0.342 e. The highest BCUT2D eigenvalue weighted by molar-refractivity contribution is 6.30. The molecule has 0 bridgehead atoms. The Morgan fingerprint density at radius 3 is 2.80 bits per heavy atom. The van der Waals surface area contributed by atoms with Crippen molar-refractivity contribution in [2.45, 2.75) is 31.8 Å². The highest BCUT2D eigenvalue weighted by Crippen LogP contribution is 2.26. The van der Waals surface area contributed by atoms with Crippen molar-refractivity contribution in [3.05, 3.63) is 70.9 Å². The van der Waals surface area contributed by atoms with E-state index in [0.29, 0.717) is 11.4 Å². The molecule has 4 rings (SSSR count). The molecule has 1 aromatic heterocycles. The molecule has 2 heterocycles. The Hall–Kier alpha value is -2.26. The molecule has 1 aliphatic rings. The maximum Gasteiger partial charge on any atom is 0.227 e. The summed E-state index contributed by atoms with van der Waals surface area (Å²) in [5, 5.41) is 1.85. The van der Waals surface area contributed by atoms with Gasteiger partial charge in [-0.15, -0.1) is 0 Å². The first-order valence-electron chi connectivity index (χ1n) is 8.61. The van der Waals surface area contributed by atoms with Crippen LogP contribution in [0.15, 0.2) is 48.5 Å². The number of carbonyl (C=O) groups excluding carboxylic acids is 1. The van der Waals surface area contributed by atoms with Crippen LogP contribution in [0.2, 0.25) is 5.02 Å². The van der Waals surface area contributed by atoms with Crippen molar-refractivity contribution < 1.29 is 4.79 Å². The number of aryl methyl sites for hydroxylation is 1. The Morgan fingerprint density at radius 1 is 1.24 bits per heavy atom. The molecule has 4 heteroatoms. The summed E-state index contributed by atoms with van der Waals surface area (Å²) >= 11 is 5.92. The number of amides is 1. The molecule has 1 amide bonds. The van der Waals surface area contributed by atoms with Gasteiger partial charge in [-0.2, -0.15) is 0 Å². The number of likely N-dealkylation sites (N-methyl/N-ethyl adjacent to an activating group) is 1. The van der Waals surface area contributed by atoms with Crippen molar-refractivity contribution in [1.82, 2.24) is 9.47 Å². The summed E-state index contributed by atoms with van der Waals surface area (Å²) in [6.45, 7) is 0.836. The number of aromatic nitrogens is 1. The molecule has 3 aromatic rings. The third kappa shape index (κ3) is 3.16. The lowest BCUT2D eigenvalue weighted by Gasteiger charge is -2.33. The van der Waals surface area contributed by atoms with Gasteiger partial charge < -0.3 is 9.47 Å². The van der Waals surface area contributed by atoms with Crippen molar-refractivity contribution >= 4 is 28.4 Å². The summed E-state index contributed by atoms with van der Waals surface area (Å²) in [6.07, 6.45) is 2.35. The SMILES string of the molecule is CN(C(=O)Cc1ccc(Cl)cc1)[C@@H]1CCc2[c]c3ccccc3n2C1. The third-order valence-corrected chi connectivity index (χ3v) is 5.37. The predicted octanol–water partition coefficient (Wildman–Crippen LogP) is 4.11. The Morgan fingerprint density at radius 2 is 2.00 bits per heavy atom. The second-order valence-corrected chi connectivity index (χ2v) is 7.14. The number of hydrogen-bond acceptors (Lipinski definition) is 1. The zero-order chi connectivity index (χ0) is 17.4. The third-order valence-electron chi connectivity index (χ3n) is 5.12. The van der Waals surface area contributed by atoms with E-state index in [1.165, 1.54) is 11.2 Å². The van der Waals surface area contributed by atoms with Crippen LogP contribution in [-0.4, -0.2) is 28.5 Å². The highest BCUT2D eigenvalue weighted by atomic mass is 35.5. The number of nitrogens with zero attached hydrogens (tertiary/aromatic N) is 2. The van der Waals surface area contributed by atoms with Gasteiger partial charge in [0.1, 0.15) is 0 Å². The molecule has 0 N–H and O–H groups in total. The number of rotatable bonds is 3. The molecule has 1 radical (unpaired) electrons. The number of benzene rings is 2. The lowest BCUT2D eigenvalue weighted by molar-refractivity contribution is -0.131. The van der Waals surface area contributed by atoms with Crippen LogP contribution < -0.4 is 0 Å².